The van der Waals surface area contributed by atoms with Crippen LogP contribution in [-0.2, 0) is 24.3 Å². The van der Waals surface area contributed by atoms with Gasteiger partial charge in [0.15, 0.2) is 0 Å². The second-order valence-corrected chi connectivity index (χ2v) is 9.17. The first-order valence-electron chi connectivity index (χ1n) is 9.63. The first kappa shape index (κ1) is 19.9. The van der Waals surface area contributed by atoms with Gasteiger partial charge in [-0.3, -0.25) is 9.36 Å². The van der Waals surface area contributed by atoms with Crippen molar-refractivity contribution in [3.8, 4) is 0 Å². The second kappa shape index (κ2) is 8.96. The molecular weight excluding hydrogens is 406 g/mol. The molecule has 3 heterocycles. The maximum Gasteiger partial charge on any atom is 0.346 e. The number of rotatable bonds is 6. The number of carbonyl (C=O) groups is 1. The molecule has 4 rings (SSSR count). The Kier molecular flexibility index (Phi) is 6.15. The van der Waals surface area contributed by atoms with E-state index >= 15 is 0 Å². The Bertz CT molecular complexity index is 1040. The van der Waals surface area contributed by atoms with Crippen molar-refractivity contribution < 1.29 is 4.79 Å². The molecule has 7 nitrogen and oxygen atoms in total. The molecule has 0 spiro atoms. The van der Waals surface area contributed by atoms with E-state index in [1.807, 2.05) is 42.6 Å². The van der Waals surface area contributed by atoms with E-state index in [4.69, 9.17) is 0 Å². The Labute approximate surface area is 177 Å². The topological polar surface area (TPSA) is 81.8 Å². The zero-order valence-corrected chi connectivity index (χ0v) is 17.8. The van der Waals surface area contributed by atoms with Crippen LogP contribution in [0, 0.1) is 6.92 Å². The molecule has 0 fully saturated rings. The molecule has 1 aliphatic rings. The van der Waals surface area contributed by atoms with Crippen LogP contribution in [0.2, 0.25) is 0 Å². The van der Waals surface area contributed by atoms with Gasteiger partial charge in [0.05, 0.1) is 23.0 Å². The van der Waals surface area contributed by atoms with Crippen LogP contribution in [-0.4, -0.2) is 37.0 Å². The minimum atomic E-state index is -0.0998. The standard InChI is InChI=1S/C20H23N5O2S2/c1-14-21-16(12-28-14)11-25-20(27)24-10-9-15(7-8-18(24)23-25)22-19(26)13-29-17-5-3-2-4-6-17/h2-6,12,15H,7-11,13H2,1H3,(H,22,26). The lowest BCUT2D eigenvalue weighted by molar-refractivity contribution is -0.119. The van der Waals surface area contributed by atoms with E-state index in [9.17, 15) is 9.59 Å². The monoisotopic (exact) mass is 429 g/mol. The number of amides is 1. The third-order valence-corrected chi connectivity index (χ3v) is 6.71. The Morgan fingerprint density at radius 1 is 1.31 bits per heavy atom. The quantitative estimate of drug-likeness (QED) is 0.609. The van der Waals surface area contributed by atoms with Crippen molar-refractivity contribution in [2.75, 3.05) is 5.75 Å². The number of thioether (sulfide) groups is 1. The predicted molar refractivity (Wildman–Crippen MR) is 114 cm³/mol. The minimum Gasteiger partial charge on any atom is -0.353 e. The summed E-state index contributed by atoms with van der Waals surface area (Å²) in [5, 5.41) is 10.6. The van der Waals surface area contributed by atoms with Gasteiger partial charge in [0, 0.05) is 29.3 Å². The van der Waals surface area contributed by atoms with Gasteiger partial charge >= 0.3 is 5.69 Å². The Hall–Kier alpha value is -2.39. The summed E-state index contributed by atoms with van der Waals surface area (Å²) in [6.45, 7) is 2.92. The first-order valence-corrected chi connectivity index (χ1v) is 11.5. The third-order valence-electron chi connectivity index (χ3n) is 4.87. The molecular formula is C20H23N5O2S2. The van der Waals surface area contributed by atoms with Crippen LogP contribution >= 0.6 is 23.1 Å². The van der Waals surface area contributed by atoms with E-state index in [2.05, 4.69) is 15.4 Å². The Morgan fingerprint density at radius 2 is 2.14 bits per heavy atom. The predicted octanol–water partition coefficient (Wildman–Crippen LogP) is 2.47. The molecule has 1 aromatic carbocycles. The summed E-state index contributed by atoms with van der Waals surface area (Å²) in [5.41, 5.74) is 0.765. The molecule has 1 amide bonds. The molecule has 152 valence electrons. The van der Waals surface area contributed by atoms with Crippen LogP contribution in [0.15, 0.2) is 45.4 Å². The maximum absolute atomic E-state index is 12.7. The highest BCUT2D eigenvalue weighted by molar-refractivity contribution is 8.00. The summed E-state index contributed by atoms with van der Waals surface area (Å²) in [6.07, 6.45) is 2.19. The molecule has 0 saturated heterocycles. The van der Waals surface area contributed by atoms with E-state index in [0.29, 0.717) is 25.3 Å². The van der Waals surface area contributed by atoms with Gasteiger partial charge in [-0.15, -0.1) is 23.1 Å². The van der Waals surface area contributed by atoms with Crippen LogP contribution in [0.25, 0.3) is 0 Å². The molecule has 9 heteroatoms. The van der Waals surface area contributed by atoms with Gasteiger partial charge in [0.2, 0.25) is 5.91 Å². The summed E-state index contributed by atoms with van der Waals surface area (Å²) in [4.78, 5) is 30.5. The molecule has 1 atom stereocenters. The Balaban J connectivity index is 1.32. The molecule has 29 heavy (non-hydrogen) atoms. The number of fused-ring (bicyclic) bond motifs is 1. The van der Waals surface area contributed by atoms with E-state index in [1.54, 1.807) is 15.9 Å². The summed E-state index contributed by atoms with van der Waals surface area (Å²) < 4.78 is 3.24. The van der Waals surface area contributed by atoms with E-state index < -0.39 is 0 Å². The van der Waals surface area contributed by atoms with Crippen molar-refractivity contribution in [2.45, 2.75) is 50.2 Å². The van der Waals surface area contributed by atoms with Gasteiger partial charge < -0.3 is 5.32 Å². The van der Waals surface area contributed by atoms with Crippen molar-refractivity contribution in [1.82, 2.24) is 24.6 Å². The average molecular weight is 430 g/mol. The number of nitrogens with one attached hydrogen (secondary N) is 1. The number of hydrogen-bond donors (Lipinski definition) is 1. The number of nitrogens with zero attached hydrogens (tertiary/aromatic N) is 4. The molecule has 1 N–H and O–H groups in total. The summed E-state index contributed by atoms with van der Waals surface area (Å²) in [5.74, 6) is 1.21. The zero-order valence-electron chi connectivity index (χ0n) is 16.2. The second-order valence-electron chi connectivity index (χ2n) is 7.06. The highest BCUT2D eigenvalue weighted by Crippen LogP contribution is 2.17. The van der Waals surface area contributed by atoms with E-state index in [1.165, 1.54) is 16.4 Å². The number of aryl methyl sites for hydroxylation is 2. The van der Waals surface area contributed by atoms with Crippen molar-refractivity contribution in [1.29, 1.82) is 0 Å². The fourth-order valence-corrected chi connectivity index (χ4v) is 4.78. The molecule has 0 saturated carbocycles. The number of hydrogen-bond acceptors (Lipinski definition) is 6. The Morgan fingerprint density at radius 3 is 2.90 bits per heavy atom. The normalized spacial score (nSPS) is 16.2. The highest BCUT2D eigenvalue weighted by Gasteiger charge is 2.22. The van der Waals surface area contributed by atoms with E-state index in [-0.39, 0.29) is 17.6 Å². The molecule has 1 aliphatic heterocycles. The van der Waals surface area contributed by atoms with Gasteiger partial charge in [-0.1, -0.05) is 18.2 Å². The fraction of sp³-hybridized carbons (Fsp3) is 0.400. The van der Waals surface area contributed by atoms with Crippen LogP contribution in [0.4, 0.5) is 0 Å². The lowest BCUT2D eigenvalue weighted by atomic mass is 10.1. The smallest absolute Gasteiger partial charge is 0.346 e. The summed E-state index contributed by atoms with van der Waals surface area (Å²) in [6, 6.07) is 9.96. The molecule has 2 aromatic heterocycles. The molecule has 0 bridgehead atoms. The zero-order chi connectivity index (χ0) is 20.2. The van der Waals surface area contributed by atoms with Crippen molar-refractivity contribution in [3.63, 3.8) is 0 Å². The maximum atomic E-state index is 12.7. The number of carbonyl (C=O) groups excluding carboxylic acids is 1. The molecule has 0 radical (unpaired) electrons. The first-order chi connectivity index (χ1) is 14.1. The van der Waals surface area contributed by atoms with Crippen LogP contribution in [0.1, 0.15) is 29.4 Å². The van der Waals surface area contributed by atoms with E-state index in [0.717, 1.165) is 34.3 Å². The van der Waals surface area contributed by atoms with Crippen LogP contribution in [0.3, 0.4) is 0 Å². The molecule has 1 unspecified atom stereocenters. The molecule has 0 aliphatic carbocycles. The average Bonchev–Trinajstić information content (AvgIpc) is 3.19. The number of thiazole rings is 1. The SMILES string of the molecule is Cc1nc(Cn2nc3n(c2=O)CCC(NC(=O)CSc2ccccc2)CC3)cs1. The highest BCUT2D eigenvalue weighted by atomic mass is 32.2. The number of aromatic nitrogens is 4. The van der Waals surface area contributed by atoms with Gasteiger partial charge in [-0.2, -0.15) is 5.10 Å². The van der Waals surface area contributed by atoms with Crippen LogP contribution in [0.5, 0.6) is 0 Å². The third kappa shape index (κ3) is 4.97. The van der Waals surface area contributed by atoms with Gasteiger partial charge in [0.25, 0.3) is 0 Å². The van der Waals surface area contributed by atoms with Crippen LogP contribution < -0.4 is 11.0 Å². The fourth-order valence-electron chi connectivity index (χ4n) is 3.44. The lowest BCUT2D eigenvalue weighted by Gasteiger charge is -2.15. The van der Waals surface area contributed by atoms with Gasteiger partial charge in [0.1, 0.15) is 5.82 Å². The van der Waals surface area contributed by atoms with Gasteiger partial charge in [-0.25, -0.2) is 14.5 Å². The van der Waals surface area contributed by atoms with Gasteiger partial charge in [-0.05, 0) is 31.9 Å². The van der Waals surface area contributed by atoms with Crippen molar-refractivity contribution in [2.24, 2.45) is 0 Å². The lowest BCUT2D eigenvalue weighted by Crippen LogP contribution is -2.36. The van der Waals surface area contributed by atoms with Crippen molar-refractivity contribution >= 4 is 29.0 Å². The largest absolute Gasteiger partial charge is 0.353 e. The number of benzene rings is 1. The minimum absolute atomic E-state index is 0.0275. The molecule has 3 aromatic rings. The summed E-state index contributed by atoms with van der Waals surface area (Å²) >= 11 is 3.10. The summed E-state index contributed by atoms with van der Waals surface area (Å²) in [7, 11) is 0. The van der Waals surface area contributed by atoms with Crippen molar-refractivity contribution in [3.05, 3.63) is 62.7 Å².